The first-order valence-corrected chi connectivity index (χ1v) is 16.3. The van der Waals surface area contributed by atoms with Crippen molar-refractivity contribution >= 4 is 6.09 Å². The van der Waals surface area contributed by atoms with Crippen molar-refractivity contribution in [3.05, 3.63) is 108 Å². The number of carboxylic acid groups (broad SMARTS) is 1. The van der Waals surface area contributed by atoms with Crippen molar-refractivity contribution in [3.8, 4) is 0 Å². The summed E-state index contributed by atoms with van der Waals surface area (Å²) in [5, 5.41) is 17.8. The van der Waals surface area contributed by atoms with E-state index < -0.39 is 11.6 Å². The molecule has 11 nitrogen and oxygen atoms in total. The van der Waals surface area contributed by atoms with Crippen molar-refractivity contribution in [2.75, 3.05) is 105 Å². The predicted molar refractivity (Wildman–Crippen MR) is 181 cm³/mol. The largest absolute Gasteiger partial charge is 0.465 e. The number of carbonyl (C=O) groups is 1. The molecule has 0 aliphatic carbocycles. The zero-order chi connectivity index (χ0) is 33.1. The summed E-state index contributed by atoms with van der Waals surface area (Å²) in [7, 11) is 0. The molecule has 0 aromatic heterocycles. The van der Waals surface area contributed by atoms with Gasteiger partial charge in [-0.25, -0.2) is 4.79 Å². The van der Waals surface area contributed by atoms with E-state index in [1.807, 2.05) is 18.2 Å². The molecule has 0 fully saturated rings. The Hall–Kier alpha value is -3.39. The van der Waals surface area contributed by atoms with E-state index in [0.29, 0.717) is 85.8 Å². The molecule has 4 N–H and O–H groups in total. The predicted octanol–water partition coefficient (Wildman–Crippen LogP) is 3.52. The van der Waals surface area contributed by atoms with Crippen molar-refractivity contribution in [2.45, 2.75) is 5.54 Å². The van der Waals surface area contributed by atoms with Gasteiger partial charge in [-0.1, -0.05) is 91.0 Å². The fraction of sp³-hybridized carbons (Fsp3) is 0.472. The molecule has 0 unspecified atom stereocenters. The molecule has 0 saturated heterocycles. The summed E-state index contributed by atoms with van der Waals surface area (Å²) in [5.41, 5.74) is 3.03. The Labute approximate surface area is 278 Å². The van der Waals surface area contributed by atoms with Crippen LogP contribution in [-0.4, -0.2) is 117 Å². The lowest BCUT2D eigenvalue weighted by Crippen LogP contribution is -2.46. The maximum absolute atomic E-state index is 10.3. The lowest BCUT2D eigenvalue weighted by molar-refractivity contribution is 0.0126. The zero-order valence-electron chi connectivity index (χ0n) is 27.3. The third-order valence-electron chi connectivity index (χ3n) is 7.11. The molecule has 0 spiro atoms. The van der Waals surface area contributed by atoms with Gasteiger partial charge in [-0.15, -0.1) is 0 Å². The minimum Gasteiger partial charge on any atom is -0.465 e. The van der Waals surface area contributed by atoms with E-state index in [2.05, 4.69) is 88.7 Å². The number of hydrogen-bond acceptors (Lipinski definition) is 9. The SMILES string of the molecule is O=C(O)NCCOCCOCCOCCNCCOCCOCCOCCNC(c1ccccc1)(c1ccccc1)c1ccccc1. The van der Waals surface area contributed by atoms with Gasteiger partial charge in [0.15, 0.2) is 0 Å². The van der Waals surface area contributed by atoms with Crippen LogP contribution in [0.1, 0.15) is 16.7 Å². The molecule has 0 atom stereocenters. The van der Waals surface area contributed by atoms with Crippen LogP contribution in [0.5, 0.6) is 0 Å². The maximum Gasteiger partial charge on any atom is 0.404 e. The van der Waals surface area contributed by atoms with E-state index in [4.69, 9.17) is 33.5 Å². The summed E-state index contributed by atoms with van der Waals surface area (Å²) >= 11 is 0. The van der Waals surface area contributed by atoms with Gasteiger partial charge in [-0.3, -0.25) is 5.32 Å². The summed E-state index contributed by atoms with van der Waals surface area (Å²) in [6, 6.07) is 31.6. The van der Waals surface area contributed by atoms with E-state index in [-0.39, 0.29) is 6.54 Å². The number of nitrogens with one attached hydrogen (secondary N) is 3. The highest BCUT2D eigenvalue weighted by Gasteiger charge is 2.35. The normalized spacial score (nSPS) is 11.5. The molecule has 11 heteroatoms. The number of hydrogen-bond donors (Lipinski definition) is 4. The number of rotatable bonds is 28. The van der Waals surface area contributed by atoms with Crippen LogP contribution in [0.2, 0.25) is 0 Å². The topological polar surface area (TPSA) is 129 Å². The van der Waals surface area contributed by atoms with Gasteiger partial charge >= 0.3 is 6.09 Å². The Morgan fingerprint density at radius 3 is 1.15 bits per heavy atom. The van der Waals surface area contributed by atoms with Gasteiger partial charge in [0.05, 0.1) is 84.8 Å². The monoisotopic (exact) mass is 653 g/mol. The van der Waals surface area contributed by atoms with Crippen LogP contribution in [0.4, 0.5) is 4.79 Å². The van der Waals surface area contributed by atoms with Gasteiger partial charge in [0.25, 0.3) is 0 Å². The Morgan fingerprint density at radius 1 is 0.468 bits per heavy atom. The van der Waals surface area contributed by atoms with Crippen LogP contribution in [-0.2, 0) is 34.0 Å². The molecular formula is C36H51N3O8. The number of ether oxygens (including phenoxy) is 6. The van der Waals surface area contributed by atoms with Gasteiger partial charge in [-0.05, 0) is 16.7 Å². The van der Waals surface area contributed by atoms with Gasteiger partial charge in [-0.2, -0.15) is 0 Å². The van der Waals surface area contributed by atoms with Crippen LogP contribution in [0.15, 0.2) is 91.0 Å². The molecular weight excluding hydrogens is 602 g/mol. The molecule has 3 aromatic rings. The van der Waals surface area contributed by atoms with Gasteiger partial charge in [0.1, 0.15) is 0 Å². The second-order valence-electron chi connectivity index (χ2n) is 10.4. The summed E-state index contributed by atoms with van der Waals surface area (Å²) in [4.78, 5) is 10.3. The molecule has 3 aromatic carbocycles. The first kappa shape index (κ1) is 38.1. The third-order valence-corrected chi connectivity index (χ3v) is 7.11. The minimum atomic E-state index is -1.05. The lowest BCUT2D eigenvalue weighted by atomic mass is 9.77. The average molecular weight is 654 g/mol. The Morgan fingerprint density at radius 2 is 0.787 bits per heavy atom. The van der Waals surface area contributed by atoms with Crippen molar-refractivity contribution in [1.29, 1.82) is 0 Å². The quantitative estimate of drug-likeness (QED) is 0.0683. The molecule has 3 rings (SSSR count). The molecule has 0 aliphatic rings. The molecule has 47 heavy (non-hydrogen) atoms. The minimum absolute atomic E-state index is 0.266. The molecule has 0 bridgehead atoms. The third kappa shape index (κ3) is 15.4. The molecule has 1 amide bonds. The van der Waals surface area contributed by atoms with Gasteiger partial charge in [0, 0.05) is 26.2 Å². The summed E-state index contributed by atoms with van der Waals surface area (Å²) in [6.07, 6.45) is -1.05. The molecule has 0 heterocycles. The molecule has 258 valence electrons. The average Bonchev–Trinajstić information content (AvgIpc) is 3.11. The summed E-state index contributed by atoms with van der Waals surface area (Å²) < 4.78 is 33.3. The van der Waals surface area contributed by atoms with E-state index in [9.17, 15) is 4.79 Å². The molecule has 0 radical (unpaired) electrons. The first-order valence-electron chi connectivity index (χ1n) is 16.3. The van der Waals surface area contributed by atoms with E-state index in [0.717, 1.165) is 13.1 Å². The van der Waals surface area contributed by atoms with Crippen LogP contribution in [0.25, 0.3) is 0 Å². The van der Waals surface area contributed by atoms with Crippen LogP contribution < -0.4 is 16.0 Å². The number of benzene rings is 3. The molecule has 0 saturated carbocycles. The van der Waals surface area contributed by atoms with E-state index >= 15 is 0 Å². The smallest absolute Gasteiger partial charge is 0.404 e. The van der Waals surface area contributed by atoms with Crippen molar-refractivity contribution in [3.63, 3.8) is 0 Å². The Balaban J connectivity index is 1.16. The Kier molecular flexibility index (Phi) is 20.0. The van der Waals surface area contributed by atoms with Crippen LogP contribution in [0.3, 0.4) is 0 Å². The number of amides is 1. The van der Waals surface area contributed by atoms with Gasteiger partial charge in [0.2, 0.25) is 0 Å². The van der Waals surface area contributed by atoms with Gasteiger partial charge < -0.3 is 44.2 Å². The molecule has 0 aliphatic heterocycles. The van der Waals surface area contributed by atoms with Crippen molar-refractivity contribution in [1.82, 2.24) is 16.0 Å². The Bertz CT molecular complexity index is 1080. The zero-order valence-corrected chi connectivity index (χ0v) is 27.3. The lowest BCUT2D eigenvalue weighted by Gasteiger charge is -2.37. The van der Waals surface area contributed by atoms with Crippen LogP contribution >= 0.6 is 0 Å². The van der Waals surface area contributed by atoms with E-state index in [1.165, 1.54) is 16.7 Å². The first-order chi connectivity index (χ1) is 23.2. The maximum atomic E-state index is 10.3. The highest BCUT2D eigenvalue weighted by atomic mass is 16.5. The summed E-state index contributed by atoms with van der Waals surface area (Å²) in [6.45, 7) is 8.41. The second-order valence-corrected chi connectivity index (χ2v) is 10.4. The van der Waals surface area contributed by atoms with Crippen molar-refractivity contribution < 1.29 is 38.3 Å². The highest BCUT2D eigenvalue weighted by molar-refractivity contribution is 5.64. The second kappa shape index (κ2) is 24.7. The van der Waals surface area contributed by atoms with E-state index in [1.54, 1.807) is 0 Å². The standard InChI is InChI=1S/C36H51N3O8/c40-35(41)38-18-22-44-26-30-46-28-24-42-20-16-37-17-21-43-25-29-47-31-27-45-23-19-39-36(32-10-4-1-5-11-32,33-12-6-2-7-13-33)34-14-8-3-9-15-34/h1-15,37-39H,16-31H2,(H,40,41). The highest BCUT2D eigenvalue weighted by Crippen LogP contribution is 2.36. The van der Waals surface area contributed by atoms with Crippen molar-refractivity contribution in [2.24, 2.45) is 0 Å². The fourth-order valence-electron chi connectivity index (χ4n) is 4.91. The van der Waals surface area contributed by atoms with Crippen LogP contribution in [0, 0.1) is 0 Å². The fourth-order valence-corrected chi connectivity index (χ4v) is 4.91. The summed E-state index contributed by atoms with van der Waals surface area (Å²) in [5.74, 6) is 0.